The van der Waals surface area contributed by atoms with Crippen molar-refractivity contribution >= 4 is 43.4 Å². The second-order valence-corrected chi connectivity index (χ2v) is 16.0. The second kappa shape index (κ2) is 5.72. The Labute approximate surface area is 87.2 Å². The van der Waals surface area contributed by atoms with Crippen molar-refractivity contribution in [1.29, 1.82) is 0 Å². The SMILES string of the molecule is COC(=O)[CH2][Ge]([Cl])([Cl])[CH2]C(=O)OC. The molecule has 0 heterocycles. The van der Waals surface area contributed by atoms with E-state index < -0.39 is 23.3 Å². The van der Waals surface area contributed by atoms with Crippen LogP contribution in [0, 0.1) is 0 Å². The summed E-state index contributed by atoms with van der Waals surface area (Å²) in [5, 5.41) is -0.122. The first-order valence-electron chi connectivity index (χ1n) is 3.43. The van der Waals surface area contributed by atoms with Gasteiger partial charge in [0.15, 0.2) is 0 Å². The molecule has 0 rings (SSSR count). The molecular formula is C6H10Cl2GeO4. The first-order chi connectivity index (χ1) is 5.91. The third-order valence-electron chi connectivity index (χ3n) is 1.26. The fourth-order valence-electron chi connectivity index (χ4n) is 0.629. The van der Waals surface area contributed by atoms with Crippen LogP contribution >= 0.6 is 20.0 Å². The monoisotopic (exact) mass is 290 g/mol. The summed E-state index contributed by atoms with van der Waals surface area (Å²) < 4.78 is 8.78. The van der Waals surface area contributed by atoms with Gasteiger partial charge in [0, 0.05) is 0 Å². The van der Waals surface area contributed by atoms with Gasteiger partial charge in [-0.2, -0.15) is 0 Å². The maximum atomic E-state index is 10.8. The van der Waals surface area contributed by atoms with Crippen LogP contribution in [0.15, 0.2) is 0 Å². The van der Waals surface area contributed by atoms with Crippen molar-refractivity contribution in [1.82, 2.24) is 0 Å². The molecule has 0 aliphatic heterocycles. The zero-order chi connectivity index (χ0) is 10.5. The van der Waals surface area contributed by atoms with Crippen molar-refractivity contribution in [3.8, 4) is 0 Å². The number of hydrogen-bond acceptors (Lipinski definition) is 4. The summed E-state index contributed by atoms with van der Waals surface area (Å²) >= 11 is -3.37. The fraction of sp³-hybridized carbons (Fsp3) is 0.667. The van der Waals surface area contributed by atoms with E-state index in [0.29, 0.717) is 0 Å². The number of ether oxygens (including phenoxy) is 2. The van der Waals surface area contributed by atoms with Gasteiger partial charge < -0.3 is 0 Å². The third-order valence-corrected chi connectivity index (χ3v) is 7.42. The van der Waals surface area contributed by atoms with Crippen LogP contribution in [0.3, 0.4) is 0 Å². The summed E-state index contributed by atoms with van der Waals surface area (Å²) in [6.07, 6.45) is 0. The van der Waals surface area contributed by atoms with Crippen molar-refractivity contribution in [3.05, 3.63) is 0 Å². The molecule has 0 saturated carbocycles. The van der Waals surface area contributed by atoms with E-state index in [4.69, 9.17) is 20.0 Å². The van der Waals surface area contributed by atoms with Gasteiger partial charge in [-0.25, -0.2) is 0 Å². The van der Waals surface area contributed by atoms with E-state index in [-0.39, 0.29) is 10.5 Å². The number of carbonyl (C=O) groups is 2. The quantitative estimate of drug-likeness (QED) is 0.577. The van der Waals surface area contributed by atoms with E-state index >= 15 is 0 Å². The van der Waals surface area contributed by atoms with Gasteiger partial charge in [0.05, 0.1) is 0 Å². The molecule has 76 valence electrons. The predicted molar refractivity (Wildman–Crippen MR) is 51.1 cm³/mol. The van der Waals surface area contributed by atoms with E-state index in [1.165, 1.54) is 14.2 Å². The van der Waals surface area contributed by atoms with Gasteiger partial charge in [-0.3, -0.25) is 0 Å². The summed E-state index contributed by atoms with van der Waals surface area (Å²) in [5.74, 6) is -0.984. The van der Waals surface area contributed by atoms with Crippen LogP contribution in [-0.2, 0) is 19.1 Å². The van der Waals surface area contributed by atoms with Gasteiger partial charge in [0.2, 0.25) is 0 Å². The van der Waals surface area contributed by atoms with Gasteiger partial charge in [-0.1, -0.05) is 0 Å². The van der Waals surface area contributed by atoms with Gasteiger partial charge in [-0.15, -0.1) is 0 Å². The molecule has 0 aromatic heterocycles. The van der Waals surface area contributed by atoms with Crippen LogP contribution in [0.5, 0.6) is 0 Å². The molecule has 0 unspecified atom stereocenters. The Hall–Kier alpha value is 0.0629. The van der Waals surface area contributed by atoms with Crippen molar-refractivity contribution < 1.29 is 19.1 Å². The van der Waals surface area contributed by atoms with Crippen LogP contribution in [0.25, 0.3) is 0 Å². The molecule has 0 saturated heterocycles. The van der Waals surface area contributed by atoms with Crippen LogP contribution in [0.1, 0.15) is 0 Å². The number of hydrogen-bond donors (Lipinski definition) is 0. The number of halogens is 2. The molecule has 4 nitrogen and oxygen atoms in total. The normalized spacial score (nSPS) is 10.8. The van der Waals surface area contributed by atoms with Crippen LogP contribution < -0.4 is 0 Å². The summed E-state index contributed by atoms with van der Waals surface area (Å²) in [6.45, 7) is 0. The zero-order valence-electron chi connectivity index (χ0n) is 7.30. The Morgan fingerprint density at radius 2 is 1.38 bits per heavy atom. The van der Waals surface area contributed by atoms with E-state index in [9.17, 15) is 9.59 Å². The minimum absolute atomic E-state index is 0.0608. The minimum atomic E-state index is -3.37. The van der Waals surface area contributed by atoms with E-state index in [1.807, 2.05) is 0 Å². The topological polar surface area (TPSA) is 52.6 Å². The Bertz CT molecular complexity index is 187. The Morgan fingerprint density at radius 1 is 1.08 bits per heavy atom. The van der Waals surface area contributed by atoms with E-state index in [1.54, 1.807) is 0 Å². The molecule has 0 fully saturated rings. The van der Waals surface area contributed by atoms with Crippen LogP contribution in [-0.4, -0.2) is 37.6 Å². The van der Waals surface area contributed by atoms with Gasteiger partial charge >= 0.3 is 87.2 Å². The zero-order valence-corrected chi connectivity index (χ0v) is 10.9. The van der Waals surface area contributed by atoms with Gasteiger partial charge in [-0.05, 0) is 0 Å². The molecule has 0 aliphatic carbocycles. The van der Waals surface area contributed by atoms with E-state index in [2.05, 4.69) is 9.47 Å². The van der Waals surface area contributed by atoms with Crippen molar-refractivity contribution in [3.63, 3.8) is 0 Å². The molecule has 0 radical (unpaired) electrons. The molecule has 0 aliphatic rings. The van der Waals surface area contributed by atoms with Crippen molar-refractivity contribution in [2.45, 2.75) is 10.5 Å². The molecule has 0 bridgehead atoms. The molecule has 0 atom stereocenters. The molecule has 13 heavy (non-hydrogen) atoms. The predicted octanol–water partition coefficient (Wildman–Crippen LogP) is 1.25. The van der Waals surface area contributed by atoms with Crippen molar-refractivity contribution in [2.24, 2.45) is 0 Å². The third kappa shape index (κ3) is 6.18. The molecule has 0 amide bonds. The molecule has 0 spiro atoms. The van der Waals surface area contributed by atoms with Gasteiger partial charge in [0.1, 0.15) is 0 Å². The van der Waals surface area contributed by atoms with E-state index in [0.717, 1.165) is 0 Å². The fourth-order valence-corrected chi connectivity index (χ4v) is 5.54. The standard InChI is InChI=1S/C6H10Cl2GeO4/c1-12-5(10)3-9(7,8)4-6(11)13-2/h3-4H2,1-2H3. The molecule has 0 aromatic carbocycles. The Morgan fingerprint density at radius 3 is 1.62 bits per heavy atom. The Kier molecular flexibility index (Phi) is 5.75. The molecular weight excluding hydrogens is 280 g/mol. The number of esters is 2. The maximum absolute atomic E-state index is 10.8. The van der Waals surface area contributed by atoms with Crippen LogP contribution in [0.2, 0.25) is 10.5 Å². The summed E-state index contributed by atoms with van der Waals surface area (Å²) in [7, 11) is 14.2. The number of methoxy groups -OCH3 is 2. The van der Waals surface area contributed by atoms with Gasteiger partial charge in [0.25, 0.3) is 0 Å². The molecule has 0 N–H and O–H groups in total. The first-order valence-corrected chi connectivity index (χ1v) is 11.9. The van der Waals surface area contributed by atoms with Crippen LogP contribution in [0.4, 0.5) is 0 Å². The summed E-state index contributed by atoms with van der Waals surface area (Å²) in [6, 6.07) is 0. The second-order valence-electron chi connectivity index (χ2n) is 2.36. The molecule has 0 aromatic rings. The first kappa shape index (κ1) is 13.1. The number of carbonyl (C=O) groups excluding carboxylic acids is 2. The molecule has 7 heteroatoms. The summed E-state index contributed by atoms with van der Waals surface area (Å²) in [5.41, 5.74) is 0. The summed E-state index contributed by atoms with van der Waals surface area (Å²) in [4.78, 5) is 21.6. The van der Waals surface area contributed by atoms with Crippen molar-refractivity contribution in [2.75, 3.05) is 14.2 Å². The Balaban J connectivity index is 4.07. The average Bonchev–Trinajstić information content (AvgIpc) is 2.02. The average molecular weight is 290 g/mol. The number of rotatable bonds is 4.